The molecule has 1 aromatic carbocycles. The lowest BCUT2D eigenvalue weighted by atomic mass is 9.79. The second-order valence-corrected chi connectivity index (χ2v) is 7.28. The number of fused-ring (bicyclic) bond motifs is 1. The van der Waals surface area contributed by atoms with Crippen LogP contribution >= 0.6 is 11.8 Å². The van der Waals surface area contributed by atoms with Gasteiger partial charge >= 0.3 is 0 Å². The highest BCUT2D eigenvalue weighted by Crippen LogP contribution is 2.52. The molecule has 0 fully saturated rings. The quantitative estimate of drug-likeness (QED) is 0.863. The standard InChI is InChI=1S/C20H23NS/c1-13-6-9-16(10-7-13)17-11-8-14(2)20-19(17)15(3)18(22-20)5-4-12-21/h4-11,19-20H,12,21H2,1-3H3/b5-4-. The molecule has 0 saturated carbocycles. The Morgan fingerprint density at radius 1 is 1.09 bits per heavy atom. The van der Waals surface area contributed by atoms with Crippen LogP contribution in [0.5, 0.6) is 0 Å². The predicted molar refractivity (Wildman–Crippen MR) is 98.7 cm³/mol. The third kappa shape index (κ3) is 2.73. The van der Waals surface area contributed by atoms with Crippen molar-refractivity contribution in [2.24, 2.45) is 11.7 Å². The summed E-state index contributed by atoms with van der Waals surface area (Å²) >= 11 is 1.98. The molecule has 1 nitrogen and oxygen atoms in total. The van der Waals surface area contributed by atoms with E-state index >= 15 is 0 Å². The van der Waals surface area contributed by atoms with Gasteiger partial charge in [0.05, 0.1) is 0 Å². The molecular weight excluding hydrogens is 286 g/mol. The van der Waals surface area contributed by atoms with Crippen molar-refractivity contribution >= 4 is 17.3 Å². The molecule has 1 heterocycles. The van der Waals surface area contributed by atoms with Crippen molar-refractivity contribution in [1.29, 1.82) is 0 Å². The topological polar surface area (TPSA) is 26.0 Å². The number of aryl methyl sites for hydroxylation is 1. The Kier molecular flexibility index (Phi) is 4.42. The largest absolute Gasteiger partial charge is 0.327 e. The molecule has 0 aromatic heterocycles. The van der Waals surface area contributed by atoms with Gasteiger partial charge in [0, 0.05) is 22.6 Å². The summed E-state index contributed by atoms with van der Waals surface area (Å²) in [6.07, 6.45) is 8.84. The van der Waals surface area contributed by atoms with Crippen molar-refractivity contribution < 1.29 is 0 Å². The maximum Gasteiger partial charge on any atom is 0.0410 e. The predicted octanol–water partition coefficient (Wildman–Crippen LogP) is 4.86. The van der Waals surface area contributed by atoms with Gasteiger partial charge in [0.25, 0.3) is 0 Å². The van der Waals surface area contributed by atoms with Crippen LogP contribution < -0.4 is 5.73 Å². The number of thioether (sulfide) groups is 1. The van der Waals surface area contributed by atoms with Crippen LogP contribution in [0.4, 0.5) is 0 Å². The Morgan fingerprint density at radius 2 is 1.82 bits per heavy atom. The van der Waals surface area contributed by atoms with E-state index in [1.807, 2.05) is 11.8 Å². The summed E-state index contributed by atoms with van der Waals surface area (Å²) in [5.74, 6) is 0.482. The van der Waals surface area contributed by atoms with E-state index < -0.39 is 0 Å². The Balaban J connectivity index is 2.02. The zero-order valence-corrected chi connectivity index (χ0v) is 14.3. The van der Waals surface area contributed by atoms with E-state index in [1.54, 1.807) is 0 Å². The molecule has 0 spiro atoms. The van der Waals surface area contributed by atoms with Crippen molar-refractivity contribution in [2.75, 3.05) is 6.54 Å². The number of nitrogens with two attached hydrogens (primary N) is 1. The Bertz CT molecular complexity index is 689. The van der Waals surface area contributed by atoms with E-state index in [4.69, 9.17) is 5.73 Å². The van der Waals surface area contributed by atoms with E-state index in [0.717, 1.165) is 0 Å². The number of allylic oxidation sites excluding steroid dienone is 5. The van der Waals surface area contributed by atoms with Crippen LogP contribution in [0.25, 0.3) is 5.57 Å². The summed E-state index contributed by atoms with van der Waals surface area (Å²) in [6, 6.07) is 8.90. The molecule has 2 atom stereocenters. The highest BCUT2D eigenvalue weighted by atomic mass is 32.2. The number of benzene rings is 1. The van der Waals surface area contributed by atoms with Crippen LogP contribution in [-0.2, 0) is 0 Å². The van der Waals surface area contributed by atoms with E-state index in [1.165, 1.54) is 32.8 Å². The molecule has 2 heteroatoms. The SMILES string of the molecule is CC1=CC=C(c2ccc(C)cc2)C2C(C)=C(/C=C\CN)SC12. The first-order valence-electron chi connectivity index (χ1n) is 7.81. The number of hydrogen-bond donors (Lipinski definition) is 1. The zero-order valence-electron chi connectivity index (χ0n) is 13.5. The molecule has 0 saturated heterocycles. The van der Waals surface area contributed by atoms with E-state index in [0.29, 0.717) is 17.7 Å². The van der Waals surface area contributed by atoms with Gasteiger partial charge in [0.2, 0.25) is 0 Å². The first-order valence-corrected chi connectivity index (χ1v) is 8.69. The summed E-state index contributed by atoms with van der Waals surface area (Å²) in [6.45, 7) is 7.25. The molecule has 0 bridgehead atoms. The molecule has 1 aromatic rings. The molecule has 114 valence electrons. The van der Waals surface area contributed by atoms with Gasteiger partial charge in [-0.3, -0.25) is 0 Å². The van der Waals surface area contributed by atoms with Gasteiger partial charge in [-0.25, -0.2) is 0 Å². The molecule has 3 rings (SSSR count). The normalized spacial score (nSPS) is 24.5. The molecule has 22 heavy (non-hydrogen) atoms. The van der Waals surface area contributed by atoms with Crippen molar-refractivity contribution in [3.8, 4) is 0 Å². The molecule has 1 aliphatic heterocycles. The van der Waals surface area contributed by atoms with E-state index in [2.05, 4.69) is 69.3 Å². The van der Waals surface area contributed by atoms with E-state index in [9.17, 15) is 0 Å². The minimum atomic E-state index is 0.482. The van der Waals surface area contributed by atoms with Gasteiger partial charge in [-0.15, -0.1) is 11.8 Å². The van der Waals surface area contributed by atoms with Crippen LogP contribution in [-0.4, -0.2) is 11.8 Å². The van der Waals surface area contributed by atoms with Crippen molar-refractivity contribution in [3.05, 3.63) is 75.7 Å². The fourth-order valence-corrected chi connectivity index (χ4v) is 4.73. The maximum absolute atomic E-state index is 5.62. The fraction of sp³-hybridized carbons (Fsp3) is 0.300. The van der Waals surface area contributed by atoms with Crippen LogP contribution in [0.1, 0.15) is 25.0 Å². The Morgan fingerprint density at radius 3 is 2.50 bits per heavy atom. The summed E-state index contributed by atoms with van der Waals surface area (Å²) in [5, 5.41) is 0.527. The van der Waals surface area contributed by atoms with E-state index in [-0.39, 0.29) is 0 Å². The molecule has 2 aliphatic rings. The van der Waals surface area contributed by atoms with Crippen molar-refractivity contribution in [3.63, 3.8) is 0 Å². The minimum Gasteiger partial charge on any atom is -0.327 e. The number of hydrogen-bond acceptors (Lipinski definition) is 2. The van der Waals surface area contributed by atoms with Crippen molar-refractivity contribution in [2.45, 2.75) is 26.0 Å². The van der Waals surface area contributed by atoms with Gasteiger partial charge in [-0.05, 0) is 31.9 Å². The lowest BCUT2D eigenvalue weighted by Gasteiger charge is -2.28. The Hall–Kier alpha value is -1.51. The van der Waals surface area contributed by atoms with Gasteiger partial charge in [-0.2, -0.15) is 0 Å². The molecule has 0 radical (unpaired) electrons. The minimum absolute atomic E-state index is 0.482. The third-order valence-corrected chi connectivity index (χ3v) is 6.12. The van der Waals surface area contributed by atoms with Gasteiger partial charge < -0.3 is 5.73 Å². The first-order chi connectivity index (χ1) is 10.6. The molecule has 2 unspecified atom stereocenters. The van der Waals surface area contributed by atoms with Crippen LogP contribution in [0, 0.1) is 12.8 Å². The molecule has 0 amide bonds. The molecular formula is C20H23NS. The molecule has 2 N–H and O–H groups in total. The van der Waals surface area contributed by atoms with Crippen LogP contribution in [0.3, 0.4) is 0 Å². The fourth-order valence-electron chi connectivity index (χ4n) is 3.22. The monoisotopic (exact) mass is 309 g/mol. The van der Waals surface area contributed by atoms with Crippen LogP contribution in [0.2, 0.25) is 0 Å². The third-order valence-electron chi connectivity index (χ3n) is 4.51. The average Bonchev–Trinajstić information content (AvgIpc) is 2.85. The van der Waals surface area contributed by atoms with Crippen molar-refractivity contribution in [1.82, 2.24) is 0 Å². The lowest BCUT2D eigenvalue weighted by Crippen LogP contribution is -2.20. The smallest absolute Gasteiger partial charge is 0.0410 e. The highest BCUT2D eigenvalue weighted by molar-refractivity contribution is 8.04. The zero-order chi connectivity index (χ0) is 15.7. The number of rotatable bonds is 3. The summed E-state index contributed by atoms with van der Waals surface area (Å²) in [7, 11) is 0. The Labute approximate surface area is 137 Å². The molecule has 1 aliphatic carbocycles. The second kappa shape index (κ2) is 6.31. The summed E-state index contributed by atoms with van der Waals surface area (Å²) < 4.78 is 0. The van der Waals surface area contributed by atoms with Gasteiger partial charge in [-0.1, -0.05) is 65.3 Å². The highest BCUT2D eigenvalue weighted by Gasteiger charge is 2.37. The summed E-state index contributed by atoms with van der Waals surface area (Å²) in [5.41, 5.74) is 12.6. The maximum atomic E-state index is 5.62. The van der Waals surface area contributed by atoms with Gasteiger partial charge in [0.1, 0.15) is 0 Å². The lowest BCUT2D eigenvalue weighted by molar-refractivity contribution is 0.787. The first kappa shape index (κ1) is 15.4. The average molecular weight is 309 g/mol. The summed E-state index contributed by atoms with van der Waals surface area (Å²) in [4.78, 5) is 1.38. The van der Waals surface area contributed by atoms with Gasteiger partial charge in [0.15, 0.2) is 0 Å². The van der Waals surface area contributed by atoms with Crippen LogP contribution in [0.15, 0.2) is 64.6 Å². The second-order valence-electron chi connectivity index (χ2n) is 6.10.